The van der Waals surface area contributed by atoms with E-state index < -0.39 is 24.4 Å². The predicted molar refractivity (Wildman–Crippen MR) is 46.4 cm³/mol. The highest BCUT2D eigenvalue weighted by atomic mass is 19.4. The maximum atomic E-state index is 12.3. The van der Waals surface area contributed by atoms with Crippen molar-refractivity contribution in [3.63, 3.8) is 0 Å². The first-order chi connectivity index (χ1) is 6.95. The summed E-state index contributed by atoms with van der Waals surface area (Å²) in [4.78, 5) is 0. The Labute approximate surface area is 83.6 Å². The molecule has 0 aliphatic heterocycles. The van der Waals surface area contributed by atoms with Crippen molar-refractivity contribution < 1.29 is 23.0 Å². The Hall–Kier alpha value is -1.56. The van der Waals surface area contributed by atoms with Crippen LogP contribution in [-0.2, 0) is 10.9 Å². The average molecular weight is 219 g/mol. The quantitative estimate of drug-likeness (QED) is 0.454. The summed E-state index contributed by atoms with van der Waals surface area (Å²) < 4.78 is 41.1. The second-order valence-corrected chi connectivity index (χ2v) is 2.68. The molecule has 0 unspecified atom stereocenters. The van der Waals surface area contributed by atoms with E-state index in [2.05, 4.69) is 4.74 Å². The van der Waals surface area contributed by atoms with Gasteiger partial charge in [0, 0.05) is 5.56 Å². The fraction of sp³-hybridized carbons (Fsp3) is 0.222. The zero-order valence-corrected chi connectivity index (χ0v) is 7.51. The Balaban J connectivity index is 2.98. The van der Waals surface area contributed by atoms with E-state index in [0.29, 0.717) is 0 Å². The van der Waals surface area contributed by atoms with Crippen LogP contribution >= 0.6 is 0 Å². The summed E-state index contributed by atoms with van der Waals surface area (Å²) in [7, 11) is 0. The standard InChI is InChI=1S/C9H8F3NO2/c10-9(11,12)7-3-1-2-6(4-7)8(13)15-5-14/h1-4,13-14H,5H2. The molecule has 0 fully saturated rings. The lowest BCUT2D eigenvalue weighted by atomic mass is 10.1. The minimum absolute atomic E-state index is 0.0288. The molecule has 15 heavy (non-hydrogen) atoms. The van der Waals surface area contributed by atoms with Crippen LogP contribution < -0.4 is 0 Å². The Morgan fingerprint density at radius 3 is 2.60 bits per heavy atom. The Kier molecular flexibility index (Phi) is 3.31. The maximum Gasteiger partial charge on any atom is 0.416 e. The summed E-state index contributed by atoms with van der Waals surface area (Å²) in [6, 6.07) is 4.16. The van der Waals surface area contributed by atoms with E-state index >= 15 is 0 Å². The number of aliphatic hydroxyl groups excluding tert-OH is 1. The normalized spacial score (nSPS) is 11.2. The van der Waals surface area contributed by atoms with E-state index in [0.717, 1.165) is 12.1 Å². The number of alkyl halides is 3. The molecule has 0 aliphatic rings. The van der Waals surface area contributed by atoms with Crippen molar-refractivity contribution in [3.05, 3.63) is 35.4 Å². The van der Waals surface area contributed by atoms with Crippen LogP contribution in [-0.4, -0.2) is 17.8 Å². The number of hydrogen-bond donors (Lipinski definition) is 2. The fourth-order valence-corrected chi connectivity index (χ4v) is 0.985. The summed E-state index contributed by atoms with van der Waals surface area (Å²) in [5.74, 6) is -0.497. The van der Waals surface area contributed by atoms with Gasteiger partial charge in [-0.15, -0.1) is 0 Å². The monoisotopic (exact) mass is 219 g/mol. The third-order valence-corrected chi connectivity index (χ3v) is 1.66. The van der Waals surface area contributed by atoms with Gasteiger partial charge in [-0.05, 0) is 18.2 Å². The molecule has 0 heterocycles. The van der Waals surface area contributed by atoms with Gasteiger partial charge in [0.1, 0.15) is 0 Å². The number of halogens is 3. The molecule has 1 aromatic carbocycles. The van der Waals surface area contributed by atoms with Crippen LogP contribution in [0.4, 0.5) is 13.2 Å². The van der Waals surface area contributed by atoms with E-state index in [9.17, 15) is 13.2 Å². The van der Waals surface area contributed by atoms with Crippen LogP contribution in [0.15, 0.2) is 24.3 Å². The van der Waals surface area contributed by atoms with Crippen LogP contribution in [0.3, 0.4) is 0 Å². The molecule has 1 rings (SSSR count). The minimum Gasteiger partial charge on any atom is -0.451 e. The number of nitrogens with one attached hydrogen (secondary N) is 1. The Bertz CT molecular complexity index is 363. The first-order valence-electron chi connectivity index (χ1n) is 3.95. The van der Waals surface area contributed by atoms with Crippen molar-refractivity contribution in [3.8, 4) is 0 Å². The molecule has 0 saturated heterocycles. The van der Waals surface area contributed by atoms with Crippen LogP contribution in [0.5, 0.6) is 0 Å². The van der Waals surface area contributed by atoms with Crippen molar-refractivity contribution >= 4 is 5.90 Å². The molecule has 0 radical (unpaired) electrons. The van der Waals surface area contributed by atoms with Gasteiger partial charge < -0.3 is 9.84 Å². The summed E-state index contributed by atoms with van der Waals surface area (Å²) in [5.41, 5.74) is -0.884. The molecular weight excluding hydrogens is 211 g/mol. The third-order valence-electron chi connectivity index (χ3n) is 1.66. The molecule has 0 amide bonds. The first kappa shape index (κ1) is 11.5. The molecule has 82 valence electrons. The van der Waals surface area contributed by atoms with Crippen LogP contribution in [0.1, 0.15) is 11.1 Å². The lowest BCUT2D eigenvalue weighted by Crippen LogP contribution is -2.09. The van der Waals surface area contributed by atoms with E-state index in [1.54, 1.807) is 0 Å². The van der Waals surface area contributed by atoms with Crippen molar-refractivity contribution in [2.75, 3.05) is 6.79 Å². The topological polar surface area (TPSA) is 53.3 Å². The molecule has 2 N–H and O–H groups in total. The van der Waals surface area contributed by atoms with Crippen LogP contribution in [0.25, 0.3) is 0 Å². The van der Waals surface area contributed by atoms with Gasteiger partial charge in [-0.3, -0.25) is 5.41 Å². The molecule has 0 atom stereocenters. The minimum atomic E-state index is -4.45. The Morgan fingerprint density at radius 1 is 1.40 bits per heavy atom. The van der Waals surface area contributed by atoms with Gasteiger partial charge in [0.25, 0.3) is 0 Å². The van der Waals surface area contributed by atoms with Gasteiger partial charge in [0.05, 0.1) is 5.56 Å². The van der Waals surface area contributed by atoms with Crippen molar-refractivity contribution in [2.45, 2.75) is 6.18 Å². The number of benzene rings is 1. The highest BCUT2D eigenvalue weighted by molar-refractivity contribution is 5.91. The SMILES string of the molecule is N=C(OCO)c1cccc(C(F)(F)F)c1. The van der Waals surface area contributed by atoms with Gasteiger partial charge in [-0.25, -0.2) is 0 Å². The van der Waals surface area contributed by atoms with Gasteiger partial charge in [0.15, 0.2) is 6.79 Å². The smallest absolute Gasteiger partial charge is 0.416 e. The maximum absolute atomic E-state index is 12.3. The van der Waals surface area contributed by atoms with E-state index in [-0.39, 0.29) is 5.56 Å². The van der Waals surface area contributed by atoms with E-state index in [1.807, 2.05) is 0 Å². The molecule has 0 aliphatic carbocycles. The van der Waals surface area contributed by atoms with Crippen LogP contribution in [0, 0.1) is 5.41 Å². The molecule has 1 aromatic rings. The highest BCUT2D eigenvalue weighted by Crippen LogP contribution is 2.29. The zero-order chi connectivity index (χ0) is 11.5. The third kappa shape index (κ3) is 2.95. The summed E-state index contributed by atoms with van der Waals surface area (Å²) >= 11 is 0. The Morgan fingerprint density at radius 2 is 2.07 bits per heavy atom. The van der Waals surface area contributed by atoms with Gasteiger partial charge in [-0.2, -0.15) is 13.2 Å². The lowest BCUT2D eigenvalue weighted by molar-refractivity contribution is -0.137. The van der Waals surface area contributed by atoms with E-state index in [1.165, 1.54) is 12.1 Å². The molecule has 3 nitrogen and oxygen atoms in total. The molecule has 0 saturated carbocycles. The zero-order valence-electron chi connectivity index (χ0n) is 7.51. The van der Waals surface area contributed by atoms with E-state index in [4.69, 9.17) is 10.5 Å². The summed E-state index contributed by atoms with van der Waals surface area (Å²) in [5, 5.41) is 15.5. The first-order valence-corrected chi connectivity index (χ1v) is 3.95. The van der Waals surface area contributed by atoms with Gasteiger partial charge in [0.2, 0.25) is 5.90 Å². The molecular formula is C9H8F3NO2. The lowest BCUT2D eigenvalue weighted by Gasteiger charge is -2.09. The summed E-state index contributed by atoms with van der Waals surface area (Å²) in [6.07, 6.45) is -4.45. The van der Waals surface area contributed by atoms with Crippen molar-refractivity contribution in [1.29, 1.82) is 5.41 Å². The van der Waals surface area contributed by atoms with Gasteiger partial charge >= 0.3 is 6.18 Å². The second kappa shape index (κ2) is 4.31. The number of hydrogen-bond acceptors (Lipinski definition) is 3. The van der Waals surface area contributed by atoms with Crippen molar-refractivity contribution in [2.24, 2.45) is 0 Å². The highest BCUT2D eigenvalue weighted by Gasteiger charge is 2.30. The molecule has 0 bridgehead atoms. The molecule has 6 heteroatoms. The second-order valence-electron chi connectivity index (χ2n) is 2.68. The van der Waals surface area contributed by atoms with Crippen LogP contribution in [0.2, 0.25) is 0 Å². The molecule has 0 aromatic heterocycles. The fourth-order valence-electron chi connectivity index (χ4n) is 0.985. The van der Waals surface area contributed by atoms with Gasteiger partial charge in [-0.1, -0.05) is 6.07 Å². The summed E-state index contributed by atoms with van der Waals surface area (Å²) in [6.45, 7) is -0.741. The molecule has 0 spiro atoms. The largest absolute Gasteiger partial charge is 0.451 e. The predicted octanol–water partition coefficient (Wildman–Crippen LogP) is 2.00. The number of ether oxygens (including phenoxy) is 1. The van der Waals surface area contributed by atoms with Crippen molar-refractivity contribution in [1.82, 2.24) is 0 Å². The number of rotatable bonds is 2. The number of aliphatic hydroxyl groups is 1. The average Bonchev–Trinajstić information content (AvgIpc) is 2.17.